The zero-order chi connectivity index (χ0) is 23.5. The average molecular weight is 470 g/mol. The number of hydrogen-bond donors (Lipinski definition) is 2. The average Bonchev–Trinajstić information content (AvgIpc) is 3.37. The molecule has 11 heteroatoms. The summed E-state index contributed by atoms with van der Waals surface area (Å²) >= 11 is 0. The van der Waals surface area contributed by atoms with E-state index in [1.165, 1.54) is 0 Å². The molecule has 180 valence electrons. The van der Waals surface area contributed by atoms with E-state index < -0.39 is 0 Å². The van der Waals surface area contributed by atoms with Gasteiger partial charge in [-0.3, -0.25) is 4.79 Å². The maximum atomic E-state index is 12.8. The monoisotopic (exact) mass is 470 g/mol. The zero-order valence-corrected chi connectivity index (χ0v) is 18.7. The van der Waals surface area contributed by atoms with Crippen LogP contribution in [-0.2, 0) is 20.9 Å². The van der Waals surface area contributed by atoms with E-state index in [9.17, 15) is 4.79 Å². The number of aryl methyl sites for hydroxylation is 1. The number of nitrogens with zero attached hydrogens (tertiary/aromatic N) is 3. The van der Waals surface area contributed by atoms with Crippen LogP contribution in [0.25, 0.3) is 0 Å². The summed E-state index contributed by atoms with van der Waals surface area (Å²) in [6, 6.07) is 7.18. The van der Waals surface area contributed by atoms with E-state index in [1.807, 2.05) is 18.2 Å². The molecule has 3 aliphatic heterocycles. The lowest BCUT2D eigenvalue weighted by atomic mass is 10.0. The fraction of sp³-hybridized carbons (Fsp3) is 0.478. The van der Waals surface area contributed by atoms with Crippen LogP contribution in [0.1, 0.15) is 34.0 Å². The van der Waals surface area contributed by atoms with Gasteiger partial charge in [0.1, 0.15) is 42.7 Å². The van der Waals surface area contributed by atoms with Crippen molar-refractivity contribution < 1.29 is 33.7 Å². The minimum atomic E-state index is -0.322. The summed E-state index contributed by atoms with van der Waals surface area (Å²) in [5.41, 5.74) is 2.28. The third-order valence-electron chi connectivity index (χ3n) is 5.73. The van der Waals surface area contributed by atoms with Crippen molar-refractivity contribution in [3.63, 3.8) is 0 Å². The molecule has 0 unspecified atom stereocenters. The van der Waals surface area contributed by atoms with Crippen LogP contribution in [0.5, 0.6) is 11.5 Å². The van der Waals surface area contributed by atoms with Gasteiger partial charge in [-0.15, -0.1) is 0 Å². The molecule has 11 nitrogen and oxygen atoms in total. The summed E-state index contributed by atoms with van der Waals surface area (Å²) in [7, 11) is 0. The number of ether oxygens (including phenoxy) is 4. The zero-order valence-electron chi connectivity index (χ0n) is 18.7. The molecule has 3 aliphatic rings. The van der Waals surface area contributed by atoms with Crippen molar-refractivity contribution in [2.75, 3.05) is 33.0 Å². The molecule has 34 heavy (non-hydrogen) atoms. The number of benzene rings is 1. The lowest BCUT2D eigenvalue weighted by Crippen LogP contribution is -2.43. The van der Waals surface area contributed by atoms with Crippen molar-refractivity contribution in [2.24, 2.45) is 5.16 Å². The van der Waals surface area contributed by atoms with E-state index in [0.29, 0.717) is 68.1 Å². The smallest absolute Gasteiger partial charge is 0.270 e. The number of carbonyl (C=O) groups is 1. The van der Waals surface area contributed by atoms with E-state index in [4.69, 9.17) is 28.9 Å². The Morgan fingerprint density at radius 2 is 1.94 bits per heavy atom. The molecule has 0 radical (unpaired) electrons. The molecule has 1 amide bonds. The second-order valence-electron chi connectivity index (χ2n) is 8.24. The van der Waals surface area contributed by atoms with Crippen LogP contribution >= 0.6 is 0 Å². The topological polar surface area (TPSA) is 134 Å². The van der Waals surface area contributed by atoms with Gasteiger partial charge in [-0.05, 0) is 30.7 Å². The van der Waals surface area contributed by atoms with Gasteiger partial charge in [0.2, 0.25) is 0 Å². The molecule has 0 bridgehead atoms. The first kappa shape index (κ1) is 22.5. The van der Waals surface area contributed by atoms with E-state index in [0.717, 1.165) is 5.56 Å². The Balaban J connectivity index is 1.21. The SMILES string of the molecule is Cc1nc(C(=O)NCc2ccc3c(c2)OCCO3)cc(C2=NO[C@@H]([C@H]3CO[C@H](CO)CO3)C2)n1. The molecule has 4 heterocycles. The number of rotatable bonds is 6. The fourth-order valence-electron chi connectivity index (χ4n) is 3.93. The molecule has 1 aromatic carbocycles. The van der Waals surface area contributed by atoms with Crippen LogP contribution in [0.3, 0.4) is 0 Å². The number of oxime groups is 1. The first-order valence-electron chi connectivity index (χ1n) is 11.2. The quantitative estimate of drug-likeness (QED) is 0.627. The Morgan fingerprint density at radius 1 is 1.09 bits per heavy atom. The van der Waals surface area contributed by atoms with E-state index in [1.54, 1.807) is 13.0 Å². The van der Waals surface area contributed by atoms with Crippen LogP contribution in [-0.4, -0.2) is 78.0 Å². The molecule has 3 atom stereocenters. The van der Waals surface area contributed by atoms with Crippen molar-refractivity contribution in [3.8, 4) is 11.5 Å². The highest BCUT2D eigenvalue weighted by Gasteiger charge is 2.35. The summed E-state index contributed by atoms with van der Waals surface area (Å²) in [5, 5.41) is 16.2. The highest BCUT2D eigenvalue weighted by molar-refractivity contribution is 6.02. The van der Waals surface area contributed by atoms with Crippen LogP contribution in [0, 0.1) is 6.92 Å². The Labute approximate surface area is 196 Å². The fourth-order valence-corrected chi connectivity index (χ4v) is 3.93. The van der Waals surface area contributed by atoms with Gasteiger partial charge in [0, 0.05) is 13.0 Å². The predicted molar refractivity (Wildman–Crippen MR) is 118 cm³/mol. The summed E-state index contributed by atoms with van der Waals surface area (Å²) in [5.74, 6) is 1.51. The van der Waals surface area contributed by atoms with Crippen molar-refractivity contribution in [1.82, 2.24) is 15.3 Å². The van der Waals surface area contributed by atoms with Crippen molar-refractivity contribution in [2.45, 2.75) is 38.2 Å². The number of fused-ring (bicyclic) bond motifs is 1. The Bertz CT molecular complexity index is 1080. The van der Waals surface area contributed by atoms with Gasteiger partial charge in [-0.1, -0.05) is 11.2 Å². The highest BCUT2D eigenvalue weighted by atomic mass is 16.7. The van der Waals surface area contributed by atoms with Crippen LogP contribution in [0.15, 0.2) is 29.4 Å². The predicted octanol–water partition coefficient (Wildman–Crippen LogP) is 0.756. The molecule has 1 fully saturated rings. The molecule has 2 aromatic rings. The lowest BCUT2D eigenvalue weighted by Gasteiger charge is -2.30. The summed E-state index contributed by atoms with van der Waals surface area (Å²) in [6.45, 7) is 3.60. The van der Waals surface area contributed by atoms with Crippen LogP contribution < -0.4 is 14.8 Å². The number of aliphatic hydroxyl groups is 1. The van der Waals surface area contributed by atoms with Gasteiger partial charge in [0.25, 0.3) is 5.91 Å². The number of nitrogens with one attached hydrogen (secondary N) is 1. The molecule has 0 spiro atoms. The molecule has 5 rings (SSSR count). The maximum absolute atomic E-state index is 12.8. The first-order valence-corrected chi connectivity index (χ1v) is 11.2. The van der Waals surface area contributed by atoms with Gasteiger partial charge < -0.3 is 34.2 Å². The van der Waals surface area contributed by atoms with Gasteiger partial charge in [0.15, 0.2) is 17.6 Å². The third-order valence-corrected chi connectivity index (χ3v) is 5.73. The highest BCUT2D eigenvalue weighted by Crippen LogP contribution is 2.30. The third kappa shape index (κ3) is 4.96. The minimum absolute atomic E-state index is 0.0836. The molecule has 0 saturated carbocycles. The van der Waals surface area contributed by atoms with Gasteiger partial charge in [-0.2, -0.15) is 0 Å². The summed E-state index contributed by atoms with van der Waals surface area (Å²) < 4.78 is 22.4. The number of hydrogen-bond acceptors (Lipinski definition) is 10. The second kappa shape index (κ2) is 9.92. The van der Waals surface area contributed by atoms with Crippen molar-refractivity contribution >= 4 is 11.6 Å². The molecule has 1 aromatic heterocycles. The first-order chi connectivity index (χ1) is 16.6. The van der Waals surface area contributed by atoms with Crippen molar-refractivity contribution in [3.05, 3.63) is 47.0 Å². The van der Waals surface area contributed by atoms with E-state index >= 15 is 0 Å². The normalized spacial score (nSPS) is 23.7. The Morgan fingerprint density at radius 3 is 2.74 bits per heavy atom. The van der Waals surface area contributed by atoms with Gasteiger partial charge >= 0.3 is 0 Å². The minimum Gasteiger partial charge on any atom is -0.486 e. The second-order valence-corrected chi connectivity index (χ2v) is 8.24. The maximum Gasteiger partial charge on any atom is 0.270 e. The van der Waals surface area contributed by atoms with E-state index in [2.05, 4.69) is 20.4 Å². The summed E-state index contributed by atoms with van der Waals surface area (Å²) in [6.07, 6.45) is -0.462. The summed E-state index contributed by atoms with van der Waals surface area (Å²) in [4.78, 5) is 27.1. The molecular weight excluding hydrogens is 444 g/mol. The number of amides is 1. The van der Waals surface area contributed by atoms with Gasteiger partial charge in [-0.25, -0.2) is 9.97 Å². The standard InChI is InChI=1S/C23H26N4O7/c1-13-25-16(17-8-21(34-27-17)22-12-32-15(10-28)11-33-22)7-18(26-13)23(29)24-9-14-2-3-19-20(6-14)31-5-4-30-19/h2-3,6-7,15,21-22,28H,4-5,8-12H2,1H3,(H,24,29)/t15-,21-,22-/m1/s1. The Hall–Kier alpha value is -3.28. The van der Waals surface area contributed by atoms with Crippen molar-refractivity contribution in [1.29, 1.82) is 0 Å². The van der Waals surface area contributed by atoms with Gasteiger partial charge in [0.05, 0.1) is 25.5 Å². The Kier molecular flexibility index (Phi) is 6.57. The number of aromatic nitrogens is 2. The lowest BCUT2D eigenvalue weighted by molar-refractivity contribution is -0.178. The molecular formula is C23H26N4O7. The number of carbonyl (C=O) groups excluding carboxylic acids is 1. The van der Waals surface area contributed by atoms with Crippen LogP contribution in [0.2, 0.25) is 0 Å². The van der Waals surface area contributed by atoms with E-state index in [-0.39, 0.29) is 36.5 Å². The molecule has 1 saturated heterocycles. The van der Waals surface area contributed by atoms with Crippen LogP contribution in [0.4, 0.5) is 0 Å². The number of aliphatic hydroxyl groups excluding tert-OH is 1. The largest absolute Gasteiger partial charge is 0.486 e. The molecule has 0 aliphatic carbocycles. The molecule has 2 N–H and O–H groups in total.